The number of nitrogens with one attached hydrogen (secondary N) is 2. The molecule has 0 unspecified atom stereocenters. The summed E-state index contributed by atoms with van der Waals surface area (Å²) >= 11 is 0. The zero-order valence-corrected chi connectivity index (χ0v) is 17.5. The van der Waals surface area contributed by atoms with Crippen LogP contribution in [0.2, 0.25) is 0 Å². The van der Waals surface area contributed by atoms with Crippen LogP contribution >= 0.6 is 0 Å². The molecule has 0 spiro atoms. The van der Waals surface area contributed by atoms with Gasteiger partial charge in [0.25, 0.3) is 11.5 Å². The fourth-order valence-electron chi connectivity index (χ4n) is 4.19. The van der Waals surface area contributed by atoms with E-state index >= 15 is 0 Å². The number of benzene rings is 1. The van der Waals surface area contributed by atoms with Crippen LogP contribution in [0.4, 0.5) is 0 Å². The first-order valence-electron chi connectivity index (χ1n) is 11.0. The Bertz CT molecular complexity index is 1160. The number of rotatable bonds is 7. The molecule has 2 N–H and O–H groups in total. The quantitative estimate of drug-likeness (QED) is 0.614. The van der Waals surface area contributed by atoms with Crippen LogP contribution in [0.1, 0.15) is 34.5 Å². The third-order valence-corrected chi connectivity index (χ3v) is 6.08. The van der Waals surface area contributed by atoms with Crippen molar-refractivity contribution in [1.29, 1.82) is 0 Å². The molecule has 1 aliphatic carbocycles. The maximum atomic E-state index is 13.3. The fourth-order valence-corrected chi connectivity index (χ4v) is 4.19. The van der Waals surface area contributed by atoms with E-state index in [0.29, 0.717) is 68.7 Å². The van der Waals surface area contributed by atoms with E-state index in [1.165, 1.54) is 11.5 Å². The van der Waals surface area contributed by atoms with Gasteiger partial charge in [-0.2, -0.15) is 0 Å². The van der Waals surface area contributed by atoms with Gasteiger partial charge in [-0.25, -0.2) is 0 Å². The minimum atomic E-state index is -0.198. The molecule has 1 saturated carbocycles. The van der Waals surface area contributed by atoms with Crippen LogP contribution in [-0.4, -0.2) is 41.8 Å². The van der Waals surface area contributed by atoms with E-state index in [2.05, 4.69) is 16.4 Å². The highest BCUT2D eigenvalue weighted by Gasteiger charge is 2.27. The van der Waals surface area contributed by atoms with Gasteiger partial charge in [-0.1, -0.05) is 18.2 Å². The Morgan fingerprint density at radius 3 is 3.00 bits per heavy atom. The van der Waals surface area contributed by atoms with Gasteiger partial charge in [-0.15, -0.1) is 0 Å². The Kier molecular flexibility index (Phi) is 5.51. The Morgan fingerprint density at radius 1 is 1.26 bits per heavy atom. The van der Waals surface area contributed by atoms with E-state index in [4.69, 9.17) is 9.47 Å². The minimum absolute atomic E-state index is 0.137. The molecule has 7 heteroatoms. The van der Waals surface area contributed by atoms with E-state index in [0.717, 1.165) is 23.9 Å². The molecule has 2 aromatic heterocycles. The highest BCUT2D eigenvalue weighted by atomic mass is 16.5. The fraction of sp³-hybridized carbons (Fsp3) is 0.417. The van der Waals surface area contributed by atoms with Crippen LogP contribution in [-0.2, 0) is 24.1 Å². The highest BCUT2D eigenvalue weighted by Crippen LogP contribution is 2.31. The molecule has 0 saturated heterocycles. The maximum Gasteiger partial charge on any atom is 0.256 e. The van der Waals surface area contributed by atoms with Crippen LogP contribution in [0.25, 0.3) is 10.9 Å². The van der Waals surface area contributed by atoms with E-state index < -0.39 is 0 Å². The molecule has 3 aromatic rings. The molecule has 1 fully saturated rings. The van der Waals surface area contributed by atoms with Crippen molar-refractivity contribution in [3.8, 4) is 5.75 Å². The first-order valence-corrected chi connectivity index (χ1v) is 11.0. The highest BCUT2D eigenvalue weighted by molar-refractivity contribution is 5.98. The zero-order chi connectivity index (χ0) is 21.2. The lowest BCUT2D eigenvalue weighted by Crippen LogP contribution is -2.32. The van der Waals surface area contributed by atoms with Gasteiger partial charge in [-0.05, 0) is 36.8 Å². The van der Waals surface area contributed by atoms with Crippen molar-refractivity contribution < 1.29 is 14.3 Å². The topological polar surface area (TPSA) is 85.4 Å². The van der Waals surface area contributed by atoms with Gasteiger partial charge in [0, 0.05) is 48.4 Å². The summed E-state index contributed by atoms with van der Waals surface area (Å²) in [5.74, 6) is 0.730. The Balaban J connectivity index is 1.37. The van der Waals surface area contributed by atoms with Crippen LogP contribution in [0.5, 0.6) is 5.75 Å². The molecule has 1 aromatic carbocycles. The van der Waals surface area contributed by atoms with E-state index in [9.17, 15) is 9.59 Å². The first-order chi connectivity index (χ1) is 15.2. The lowest BCUT2D eigenvalue weighted by atomic mass is 10.1. The average molecular weight is 421 g/mol. The van der Waals surface area contributed by atoms with Crippen molar-refractivity contribution in [2.75, 3.05) is 26.4 Å². The largest absolute Gasteiger partial charge is 0.492 e. The van der Waals surface area contributed by atoms with Crippen molar-refractivity contribution in [2.24, 2.45) is 5.92 Å². The summed E-state index contributed by atoms with van der Waals surface area (Å²) in [6, 6.07) is 9.60. The van der Waals surface area contributed by atoms with Crippen LogP contribution in [0, 0.1) is 5.92 Å². The zero-order valence-electron chi connectivity index (χ0n) is 17.5. The number of pyridine rings is 1. The number of aromatic nitrogens is 2. The molecule has 1 aliphatic heterocycles. The number of nitrogens with zero attached hydrogens (tertiary/aromatic N) is 1. The van der Waals surface area contributed by atoms with Gasteiger partial charge >= 0.3 is 0 Å². The molecule has 2 aliphatic rings. The molecule has 5 rings (SSSR count). The number of fused-ring (bicyclic) bond motifs is 2. The smallest absolute Gasteiger partial charge is 0.256 e. The van der Waals surface area contributed by atoms with Gasteiger partial charge in [-0.3, -0.25) is 9.59 Å². The van der Waals surface area contributed by atoms with E-state index in [1.54, 1.807) is 4.57 Å². The molecule has 7 nitrogen and oxygen atoms in total. The Morgan fingerprint density at radius 2 is 2.13 bits per heavy atom. The molecule has 3 heterocycles. The van der Waals surface area contributed by atoms with Gasteiger partial charge < -0.3 is 24.3 Å². The maximum absolute atomic E-state index is 13.3. The minimum Gasteiger partial charge on any atom is -0.492 e. The molecule has 0 bridgehead atoms. The molecule has 0 atom stereocenters. The molecule has 0 radical (unpaired) electrons. The van der Waals surface area contributed by atoms with Crippen molar-refractivity contribution in [1.82, 2.24) is 14.9 Å². The molecule has 1 amide bonds. The first kappa shape index (κ1) is 19.9. The molecular weight excluding hydrogens is 394 g/mol. The number of carbonyl (C=O) groups excluding carboxylic acids is 1. The van der Waals surface area contributed by atoms with Crippen LogP contribution in [0.3, 0.4) is 0 Å². The SMILES string of the molecule is O=C(NCCc1c[nH]c2ccccc12)c1c(OCC2CC2)cc(=O)n2c1CCOCC2. The normalized spacial score (nSPS) is 16.0. The van der Waals surface area contributed by atoms with Crippen molar-refractivity contribution >= 4 is 16.8 Å². The monoisotopic (exact) mass is 421 g/mol. The number of hydrogen-bond acceptors (Lipinski definition) is 4. The third-order valence-electron chi connectivity index (χ3n) is 6.08. The number of ether oxygens (including phenoxy) is 2. The lowest BCUT2D eigenvalue weighted by molar-refractivity contribution is 0.0947. The predicted molar refractivity (Wildman–Crippen MR) is 118 cm³/mol. The number of amides is 1. The molecular formula is C24H27N3O4. The van der Waals surface area contributed by atoms with Gasteiger partial charge in [0.1, 0.15) is 11.3 Å². The Labute approximate surface area is 180 Å². The molecule has 162 valence electrons. The number of aromatic amines is 1. The second-order valence-electron chi connectivity index (χ2n) is 8.30. The van der Waals surface area contributed by atoms with Crippen molar-refractivity contribution in [3.05, 3.63) is 63.7 Å². The lowest BCUT2D eigenvalue weighted by Gasteiger charge is -2.18. The number of hydrogen-bond donors (Lipinski definition) is 2. The summed E-state index contributed by atoms with van der Waals surface area (Å²) in [4.78, 5) is 29.2. The summed E-state index contributed by atoms with van der Waals surface area (Å²) in [6.07, 6.45) is 5.51. The number of para-hydroxylation sites is 1. The summed E-state index contributed by atoms with van der Waals surface area (Å²) < 4.78 is 13.2. The summed E-state index contributed by atoms with van der Waals surface area (Å²) in [5, 5.41) is 4.22. The second kappa shape index (κ2) is 8.59. The van der Waals surface area contributed by atoms with Crippen molar-refractivity contribution in [3.63, 3.8) is 0 Å². The predicted octanol–water partition coefficient (Wildman–Crippen LogP) is 2.66. The number of H-pyrrole nitrogens is 1. The second-order valence-corrected chi connectivity index (χ2v) is 8.30. The summed E-state index contributed by atoms with van der Waals surface area (Å²) in [5.41, 5.74) is 3.30. The third kappa shape index (κ3) is 4.23. The Hall–Kier alpha value is -3.06. The standard InChI is InChI=1S/C24H27N3O4/c28-22-13-21(31-15-16-5-6-16)23(20-8-11-30-12-10-27(20)22)24(29)25-9-7-17-14-26-19-4-2-1-3-18(17)19/h1-4,13-14,16,26H,5-12,15H2,(H,25,29). The average Bonchev–Trinajstić information content (AvgIpc) is 3.56. The van der Waals surface area contributed by atoms with Crippen molar-refractivity contribution in [2.45, 2.75) is 32.2 Å². The van der Waals surface area contributed by atoms with E-state index in [1.807, 2.05) is 24.4 Å². The van der Waals surface area contributed by atoms with Gasteiger partial charge in [0.05, 0.1) is 19.8 Å². The summed E-state index contributed by atoms with van der Waals surface area (Å²) in [6.45, 7) is 2.46. The van der Waals surface area contributed by atoms with Gasteiger partial charge in [0.2, 0.25) is 0 Å². The van der Waals surface area contributed by atoms with Gasteiger partial charge in [0.15, 0.2) is 0 Å². The van der Waals surface area contributed by atoms with Crippen LogP contribution in [0.15, 0.2) is 41.3 Å². The van der Waals surface area contributed by atoms with Crippen LogP contribution < -0.4 is 15.6 Å². The number of carbonyl (C=O) groups is 1. The molecule has 31 heavy (non-hydrogen) atoms. The van der Waals surface area contributed by atoms with E-state index in [-0.39, 0.29) is 11.5 Å². The summed E-state index contributed by atoms with van der Waals surface area (Å²) in [7, 11) is 0.